The molecule has 0 atom stereocenters. The Morgan fingerprint density at radius 2 is 1.56 bits per heavy atom. The molecule has 1 heterocycles. The topological polar surface area (TPSA) is 66.6 Å². The lowest BCUT2D eigenvalue weighted by Crippen LogP contribution is -2.62. The van der Waals surface area contributed by atoms with E-state index in [1.165, 1.54) is 0 Å². The van der Waals surface area contributed by atoms with Gasteiger partial charge < -0.3 is 15.5 Å². The highest BCUT2D eigenvalue weighted by atomic mass is 16.2. The van der Waals surface area contributed by atoms with Crippen LogP contribution in [0.5, 0.6) is 0 Å². The summed E-state index contributed by atoms with van der Waals surface area (Å²) in [5.74, 6) is 0.653. The Bertz CT molecular complexity index is 366. The van der Waals surface area contributed by atoms with Crippen LogP contribution in [0.25, 0.3) is 0 Å². The van der Waals surface area contributed by atoms with Crippen LogP contribution in [0, 0.1) is 5.92 Å². The van der Waals surface area contributed by atoms with Crippen molar-refractivity contribution in [1.29, 1.82) is 0 Å². The Labute approximate surface area is 107 Å². The maximum atomic E-state index is 12.2. The summed E-state index contributed by atoms with van der Waals surface area (Å²) in [6, 6.07) is 0. The van der Waals surface area contributed by atoms with E-state index in [-0.39, 0.29) is 17.7 Å². The van der Waals surface area contributed by atoms with Crippen molar-refractivity contribution < 1.29 is 9.59 Å². The Kier molecular flexibility index (Phi) is 2.81. The van der Waals surface area contributed by atoms with Crippen LogP contribution in [-0.4, -0.2) is 53.3 Å². The second-order valence-electron chi connectivity index (χ2n) is 5.90. The predicted octanol–water partition coefficient (Wildman–Crippen LogP) is -0.0514. The smallest absolute Gasteiger partial charge is 0.242 e. The summed E-state index contributed by atoms with van der Waals surface area (Å²) in [5, 5.41) is 0. The van der Waals surface area contributed by atoms with E-state index in [1.54, 1.807) is 0 Å². The van der Waals surface area contributed by atoms with Gasteiger partial charge in [-0.1, -0.05) is 0 Å². The summed E-state index contributed by atoms with van der Waals surface area (Å²) in [6.07, 6.45) is 4.77. The number of rotatable bonds is 2. The number of nitrogens with two attached hydrogens (primary N) is 1. The van der Waals surface area contributed by atoms with Crippen molar-refractivity contribution in [2.45, 2.75) is 37.6 Å². The first-order valence-electron chi connectivity index (χ1n) is 6.97. The largest absolute Gasteiger partial charge is 0.339 e. The van der Waals surface area contributed by atoms with Crippen LogP contribution >= 0.6 is 0 Å². The van der Waals surface area contributed by atoms with Crippen molar-refractivity contribution in [3.05, 3.63) is 0 Å². The van der Waals surface area contributed by atoms with E-state index >= 15 is 0 Å². The fourth-order valence-electron chi connectivity index (χ4n) is 2.80. The first-order valence-corrected chi connectivity index (χ1v) is 6.97. The lowest BCUT2D eigenvalue weighted by molar-refractivity contribution is -0.145. The molecule has 0 aromatic rings. The van der Waals surface area contributed by atoms with Gasteiger partial charge in [0.25, 0.3) is 0 Å². The van der Waals surface area contributed by atoms with Gasteiger partial charge in [0.1, 0.15) is 0 Å². The molecule has 2 saturated carbocycles. The quantitative estimate of drug-likeness (QED) is 0.748. The molecule has 5 nitrogen and oxygen atoms in total. The molecule has 2 N–H and O–H groups in total. The second-order valence-corrected chi connectivity index (χ2v) is 5.90. The monoisotopic (exact) mass is 251 g/mol. The molecule has 0 bridgehead atoms. The molecule has 0 unspecified atom stereocenters. The standard InChI is InChI=1S/C13H21N3O2/c14-13(4-1-5-13)12(18)16-8-6-15(7-9-16)11(17)10-2-3-10/h10H,1-9,14H2. The molecular weight excluding hydrogens is 230 g/mol. The maximum absolute atomic E-state index is 12.2. The third-order valence-electron chi connectivity index (χ3n) is 4.48. The number of hydrogen-bond donors (Lipinski definition) is 1. The molecule has 2 amide bonds. The summed E-state index contributed by atoms with van der Waals surface area (Å²) >= 11 is 0. The molecule has 100 valence electrons. The fraction of sp³-hybridized carbons (Fsp3) is 0.846. The van der Waals surface area contributed by atoms with E-state index in [2.05, 4.69) is 0 Å². The van der Waals surface area contributed by atoms with Gasteiger partial charge in [-0.3, -0.25) is 9.59 Å². The third kappa shape index (κ3) is 2.00. The van der Waals surface area contributed by atoms with E-state index in [0.717, 1.165) is 32.1 Å². The number of carbonyl (C=O) groups is 2. The molecule has 18 heavy (non-hydrogen) atoms. The number of hydrogen-bond acceptors (Lipinski definition) is 3. The molecule has 5 heteroatoms. The molecule has 0 aromatic heterocycles. The predicted molar refractivity (Wildman–Crippen MR) is 66.7 cm³/mol. The van der Waals surface area contributed by atoms with Gasteiger partial charge in [0.15, 0.2) is 0 Å². The Hall–Kier alpha value is -1.10. The van der Waals surface area contributed by atoms with Crippen molar-refractivity contribution in [3.8, 4) is 0 Å². The van der Waals surface area contributed by atoms with E-state index in [1.807, 2.05) is 9.80 Å². The Balaban J connectivity index is 1.53. The Morgan fingerprint density at radius 3 is 2.00 bits per heavy atom. The molecule has 1 aliphatic heterocycles. The van der Waals surface area contributed by atoms with Gasteiger partial charge in [0, 0.05) is 32.1 Å². The Morgan fingerprint density at radius 1 is 1.00 bits per heavy atom. The van der Waals surface area contributed by atoms with Gasteiger partial charge in [-0.25, -0.2) is 0 Å². The van der Waals surface area contributed by atoms with Crippen LogP contribution in [0.15, 0.2) is 0 Å². The van der Waals surface area contributed by atoms with E-state index in [4.69, 9.17) is 5.73 Å². The number of piperazine rings is 1. The summed E-state index contributed by atoms with van der Waals surface area (Å²) in [4.78, 5) is 27.9. The normalized spacial score (nSPS) is 26.7. The third-order valence-corrected chi connectivity index (χ3v) is 4.48. The van der Waals surface area contributed by atoms with Crippen molar-refractivity contribution in [1.82, 2.24) is 9.80 Å². The lowest BCUT2D eigenvalue weighted by Gasteiger charge is -2.43. The molecule has 0 radical (unpaired) electrons. The number of carbonyl (C=O) groups excluding carboxylic acids is 2. The number of nitrogens with zero attached hydrogens (tertiary/aromatic N) is 2. The summed E-state index contributed by atoms with van der Waals surface area (Å²) < 4.78 is 0. The van der Waals surface area contributed by atoms with Gasteiger partial charge in [0.2, 0.25) is 11.8 Å². The van der Waals surface area contributed by atoms with Gasteiger partial charge >= 0.3 is 0 Å². The molecule has 0 aromatic carbocycles. The summed E-state index contributed by atoms with van der Waals surface area (Å²) in [6.45, 7) is 2.65. The highest BCUT2D eigenvalue weighted by molar-refractivity contribution is 5.87. The number of amides is 2. The fourth-order valence-corrected chi connectivity index (χ4v) is 2.80. The average Bonchev–Trinajstić information content (AvgIpc) is 3.18. The minimum absolute atomic E-state index is 0.0901. The average molecular weight is 251 g/mol. The molecule has 2 aliphatic carbocycles. The lowest BCUT2D eigenvalue weighted by atomic mass is 9.76. The second kappa shape index (κ2) is 4.23. The molecule has 3 rings (SSSR count). The first-order chi connectivity index (χ1) is 8.60. The van der Waals surface area contributed by atoms with Crippen LogP contribution in [0.1, 0.15) is 32.1 Å². The van der Waals surface area contributed by atoms with Gasteiger partial charge in [-0.2, -0.15) is 0 Å². The zero-order valence-electron chi connectivity index (χ0n) is 10.7. The van der Waals surface area contributed by atoms with Gasteiger partial charge in [-0.15, -0.1) is 0 Å². The van der Waals surface area contributed by atoms with Crippen LogP contribution in [0.4, 0.5) is 0 Å². The SMILES string of the molecule is NC1(C(=O)N2CCN(C(=O)C3CC3)CC2)CCC1. The molecular formula is C13H21N3O2. The van der Waals surface area contributed by atoms with Crippen LogP contribution < -0.4 is 5.73 Å². The molecule has 1 saturated heterocycles. The summed E-state index contributed by atoms with van der Waals surface area (Å²) in [7, 11) is 0. The highest BCUT2D eigenvalue weighted by Crippen LogP contribution is 2.33. The van der Waals surface area contributed by atoms with Crippen molar-refractivity contribution >= 4 is 11.8 Å². The highest BCUT2D eigenvalue weighted by Gasteiger charge is 2.44. The van der Waals surface area contributed by atoms with E-state index < -0.39 is 5.54 Å². The van der Waals surface area contributed by atoms with Gasteiger partial charge in [0.05, 0.1) is 5.54 Å². The zero-order chi connectivity index (χ0) is 12.8. The minimum Gasteiger partial charge on any atom is -0.339 e. The van der Waals surface area contributed by atoms with Crippen LogP contribution in [0.2, 0.25) is 0 Å². The van der Waals surface area contributed by atoms with Crippen molar-refractivity contribution in [3.63, 3.8) is 0 Å². The van der Waals surface area contributed by atoms with Crippen molar-refractivity contribution in [2.24, 2.45) is 11.7 Å². The van der Waals surface area contributed by atoms with E-state index in [9.17, 15) is 9.59 Å². The molecule has 0 spiro atoms. The van der Waals surface area contributed by atoms with Crippen molar-refractivity contribution in [2.75, 3.05) is 26.2 Å². The zero-order valence-corrected chi connectivity index (χ0v) is 10.7. The maximum Gasteiger partial charge on any atom is 0.242 e. The molecule has 3 fully saturated rings. The van der Waals surface area contributed by atoms with Crippen LogP contribution in [-0.2, 0) is 9.59 Å². The van der Waals surface area contributed by atoms with Crippen LogP contribution in [0.3, 0.4) is 0 Å². The van der Waals surface area contributed by atoms with E-state index in [0.29, 0.717) is 26.2 Å². The molecule has 3 aliphatic rings. The minimum atomic E-state index is -0.595. The summed E-state index contributed by atoms with van der Waals surface area (Å²) in [5.41, 5.74) is 5.46. The first kappa shape index (κ1) is 12.0. The van der Waals surface area contributed by atoms with Gasteiger partial charge in [-0.05, 0) is 32.1 Å².